The second kappa shape index (κ2) is 19.1. The fourth-order valence-corrected chi connectivity index (χ4v) is 5.21. The SMILES string of the molecule is CCCCCCC/C=C/CCCCCCCCCCCC1NC=C[N+]1(CC)C(C)NC(C)=O. The lowest BCUT2D eigenvalue weighted by atomic mass is 10.0. The number of rotatable bonds is 21. The van der Waals surface area contributed by atoms with E-state index in [1.807, 2.05) is 0 Å². The first-order valence-electron chi connectivity index (χ1n) is 14.3. The van der Waals surface area contributed by atoms with Gasteiger partial charge in [0.15, 0.2) is 12.3 Å². The van der Waals surface area contributed by atoms with Crippen molar-refractivity contribution in [1.29, 1.82) is 0 Å². The smallest absolute Gasteiger partial charge is 0.221 e. The van der Waals surface area contributed by atoms with Gasteiger partial charge in [-0.3, -0.25) is 9.28 Å². The Kier molecular flexibility index (Phi) is 17.2. The highest BCUT2D eigenvalue weighted by Gasteiger charge is 2.41. The molecule has 1 heterocycles. The zero-order valence-electron chi connectivity index (χ0n) is 22.5. The molecule has 0 saturated carbocycles. The van der Waals surface area contributed by atoms with E-state index in [2.05, 4.69) is 56.0 Å². The number of nitrogens with one attached hydrogen (secondary N) is 2. The fraction of sp³-hybridized carbons (Fsp3) is 0.828. The van der Waals surface area contributed by atoms with E-state index in [1.54, 1.807) is 6.92 Å². The van der Waals surface area contributed by atoms with E-state index in [0.29, 0.717) is 6.17 Å². The third-order valence-electron chi connectivity index (χ3n) is 7.39. The van der Waals surface area contributed by atoms with Crippen LogP contribution in [-0.2, 0) is 4.79 Å². The quantitative estimate of drug-likeness (QED) is 0.103. The number of carbonyl (C=O) groups excluding carboxylic acids is 1. The van der Waals surface area contributed by atoms with Gasteiger partial charge in [-0.2, -0.15) is 0 Å². The van der Waals surface area contributed by atoms with Crippen LogP contribution < -0.4 is 10.6 Å². The minimum Gasteiger partial charge on any atom is -0.338 e. The molecular formula is C29H56N3O+. The summed E-state index contributed by atoms with van der Waals surface area (Å²) < 4.78 is 0.813. The molecule has 0 aromatic heterocycles. The topological polar surface area (TPSA) is 41.1 Å². The summed E-state index contributed by atoms with van der Waals surface area (Å²) in [6.45, 7) is 9.22. The molecule has 33 heavy (non-hydrogen) atoms. The van der Waals surface area contributed by atoms with E-state index < -0.39 is 0 Å². The van der Waals surface area contributed by atoms with Gasteiger partial charge in [0.25, 0.3) is 0 Å². The molecule has 0 aromatic rings. The summed E-state index contributed by atoms with van der Waals surface area (Å²) in [6.07, 6.45) is 32.6. The molecule has 0 saturated heterocycles. The van der Waals surface area contributed by atoms with E-state index in [9.17, 15) is 4.79 Å². The molecule has 4 nitrogen and oxygen atoms in total. The normalized spacial score (nSPS) is 20.9. The summed E-state index contributed by atoms with van der Waals surface area (Å²) in [5.41, 5.74) is 0. The van der Waals surface area contributed by atoms with Crippen molar-refractivity contribution in [2.75, 3.05) is 6.54 Å². The molecule has 0 radical (unpaired) electrons. The highest BCUT2D eigenvalue weighted by Crippen LogP contribution is 2.26. The zero-order valence-corrected chi connectivity index (χ0v) is 22.5. The summed E-state index contributed by atoms with van der Waals surface area (Å²) in [7, 11) is 0. The first-order valence-corrected chi connectivity index (χ1v) is 14.3. The molecule has 0 aromatic carbocycles. The molecule has 1 aliphatic rings. The number of amides is 1. The average Bonchev–Trinajstić information content (AvgIpc) is 3.22. The van der Waals surface area contributed by atoms with Gasteiger partial charge >= 0.3 is 0 Å². The molecule has 192 valence electrons. The van der Waals surface area contributed by atoms with Crippen LogP contribution in [0.2, 0.25) is 0 Å². The number of hydrogen-bond donors (Lipinski definition) is 2. The lowest BCUT2D eigenvalue weighted by Crippen LogP contribution is -2.62. The van der Waals surface area contributed by atoms with E-state index in [1.165, 1.54) is 103 Å². The Morgan fingerprint density at radius 3 is 1.91 bits per heavy atom. The van der Waals surface area contributed by atoms with Crippen LogP contribution >= 0.6 is 0 Å². The van der Waals surface area contributed by atoms with Crippen LogP contribution in [0.1, 0.15) is 137 Å². The number of quaternary nitrogens is 1. The van der Waals surface area contributed by atoms with Crippen LogP contribution in [0.15, 0.2) is 24.6 Å². The molecule has 2 N–H and O–H groups in total. The van der Waals surface area contributed by atoms with Crippen molar-refractivity contribution in [3.05, 3.63) is 24.6 Å². The molecule has 0 spiro atoms. The second-order valence-electron chi connectivity index (χ2n) is 10.1. The van der Waals surface area contributed by atoms with Gasteiger partial charge in [0.05, 0.1) is 12.7 Å². The lowest BCUT2D eigenvalue weighted by molar-refractivity contribution is -0.923. The molecule has 0 aliphatic carbocycles. The molecule has 0 bridgehead atoms. The van der Waals surface area contributed by atoms with Gasteiger partial charge in [-0.05, 0) is 39.0 Å². The minimum atomic E-state index is 0.0529. The predicted octanol–water partition coefficient (Wildman–Crippen LogP) is 7.91. The Hall–Kier alpha value is -1.29. The van der Waals surface area contributed by atoms with Crippen molar-refractivity contribution in [2.45, 2.75) is 149 Å². The first kappa shape index (κ1) is 29.7. The molecule has 1 aliphatic heterocycles. The average molecular weight is 463 g/mol. The number of carbonyl (C=O) groups is 1. The maximum atomic E-state index is 11.5. The summed E-state index contributed by atoms with van der Waals surface area (Å²) >= 11 is 0. The summed E-state index contributed by atoms with van der Waals surface area (Å²) in [6, 6.07) is 0. The monoisotopic (exact) mass is 462 g/mol. The van der Waals surface area contributed by atoms with Gasteiger partial charge in [0.1, 0.15) is 6.20 Å². The van der Waals surface area contributed by atoms with Gasteiger partial charge in [-0.25, -0.2) is 0 Å². The zero-order chi connectivity index (χ0) is 24.2. The van der Waals surface area contributed by atoms with Gasteiger partial charge < -0.3 is 10.6 Å². The Balaban J connectivity index is 1.97. The first-order chi connectivity index (χ1) is 16.1. The van der Waals surface area contributed by atoms with Crippen LogP contribution in [0.4, 0.5) is 0 Å². The number of unbranched alkanes of at least 4 members (excludes halogenated alkanes) is 14. The highest BCUT2D eigenvalue weighted by atomic mass is 16.1. The van der Waals surface area contributed by atoms with E-state index in [4.69, 9.17) is 0 Å². The molecule has 3 unspecified atom stereocenters. The van der Waals surface area contributed by atoms with Crippen molar-refractivity contribution < 1.29 is 9.28 Å². The Morgan fingerprint density at radius 2 is 1.39 bits per heavy atom. The molecule has 0 fully saturated rings. The van der Waals surface area contributed by atoms with E-state index in [-0.39, 0.29) is 12.1 Å². The van der Waals surface area contributed by atoms with E-state index in [0.717, 1.165) is 17.4 Å². The predicted molar refractivity (Wildman–Crippen MR) is 143 cm³/mol. The number of nitrogens with zero attached hydrogens (tertiary/aromatic N) is 1. The Bertz CT molecular complexity index is 545. The van der Waals surface area contributed by atoms with Crippen LogP contribution in [0, 0.1) is 0 Å². The second-order valence-corrected chi connectivity index (χ2v) is 10.1. The van der Waals surface area contributed by atoms with Crippen molar-refractivity contribution in [3.63, 3.8) is 0 Å². The van der Waals surface area contributed by atoms with Crippen molar-refractivity contribution >= 4 is 5.91 Å². The molecular weight excluding hydrogens is 406 g/mol. The Morgan fingerprint density at radius 1 is 0.879 bits per heavy atom. The number of allylic oxidation sites excluding steroid dienone is 2. The van der Waals surface area contributed by atoms with Crippen molar-refractivity contribution in [2.24, 2.45) is 0 Å². The van der Waals surface area contributed by atoms with Gasteiger partial charge in [-0.1, -0.05) is 89.7 Å². The molecule has 4 heteroatoms. The lowest BCUT2D eigenvalue weighted by Gasteiger charge is -2.41. The van der Waals surface area contributed by atoms with E-state index >= 15 is 0 Å². The van der Waals surface area contributed by atoms with Crippen LogP contribution in [0.25, 0.3) is 0 Å². The van der Waals surface area contributed by atoms with Gasteiger partial charge in [0, 0.05) is 20.3 Å². The molecule has 1 rings (SSSR count). The van der Waals surface area contributed by atoms with Crippen LogP contribution in [0.3, 0.4) is 0 Å². The summed E-state index contributed by atoms with van der Waals surface area (Å²) in [4.78, 5) is 11.5. The standard InChI is InChI=1S/C29H55N3O/c1-5-7-8-9-10-11-12-13-14-15-16-17-18-19-20-21-22-23-24-29-30-25-26-32(29,6-2)27(3)31-28(4)33/h12-13,25-27,29-30H,5-11,14-24H2,1-4H3/p+1/b13-12+. The summed E-state index contributed by atoms with van der Waals surface area (Å²) in [5.74, 6) is 0.0529. The third kappa shape index (κ3) is 12.7. The van der Waals surface area contributed by atoms with Gasteiger partial charge in [-0.15, -0.1) is 0 Å². The van der Waals surface area contributed by atoms with Crippen molar-refractivity contribution in [3.8, 4) is 0 Å². The highest BCUT2D eigenvalue weighted by molar-refractivity contribution is 5.72. The largest absolute Gasteiger partial charge is 0.338 e. The fourth-order valence-electron chi connectivity index (χ4n) is 5.21. The third-order valence-corrected chi connectivity index (χ3v) is 7.39. The maximum Gasteiger partial charge on any atom is 0.221 e. The molecule has 3 atom stereocenters. The van der Waals surface area contributed by atoms with Gasteiger partial charge in [0.2, 0.25) is 5.91 Å². The minimum absolute atomic E-state index is 0.0529. The van der Waals surface area contributed by atoms with Crippen LogP contribution in [0.5, 0.6) is 0 Å². The summed E-state index contributed by atoms with van der Waals surface area (Å²) in [5, 5.41) is 6.65. The number of hydrogen-bond acceptors (Lipinski definition) is 2. The van der Waals surface area contributed by atoms with Crippen molar-refractivity contribution in [1.82, 2.24) is 10.6 Å². The maximum absolute atomic E-state index is 11.5. The molecule has 1 amide bonds. The van der Waals surface area contributed by atoms with Crippen LogP contribution in [-0.4, -0.2) is 29.3 Å². The Labute approximate surface area is 206 Å².